The summed E-state index contributed by atoms with van der Waals surface area (Å²) >= 11 is 6.70. The maximum Gasteiger partial charge on any atom is 0.394 e. The topological polar surface area (TPSA) is 102 Å². The molecule has 6 aliphatic rings. The van der Waals surface area contributed by atoms with Crippen LogP contribution in [0.25, 0.3) is 0 Å². The fraction of sp³-hybridized carbons (Fsp3) is 0.812. The Hall–Kier alpha value is -2.21. The highest BCUT2D eigenvalue weighted by Crippen LogP contribution is 2.66. The van der Waals surface area contributed by atoms with Crippen molar-refractivity contribution in [3.63, 3.8) is 0 Å². The molecule has 248 valence electrons. The number of carboxylic acids is 1. The van der Waals surface area contributed by atoms with Crippen molar-refractivity contribution >= 4 is 29.4 Å². The maximum atomic E-state index is 15.6. The van der Waals surface area contributed by atoms with Crippen LogP contribution in [0.3, 0.4) is 0 Å². The lowest BCUT2D eigenvalue weighted by Crippen LogP contribution is -2.64. The second-order valence-electron chi connectivity index (χ2n) is 14.5. The van der Waals surface area contributed by atoms with Gasteiger partial charge in [0, 0.05) is 30.2 Å². The van der Waals surface area contributed by atoms with E-state index in [0.717, 1.165) is 12.8 Å². The molecular weight excluding hydrogens is 618 g/mol. The molecule has 3 heterocycles. The summed E-state index contributed by atoms with van der Waals surface area (Å²) in [6.45, 7) is 1.72. The van der Waals surface area contributed by atoms with Gasteiger partial charge in [0.15, 0.2) is 0 Å². The molecule has 1 aromatic heterocycles. The first-order valence-corrected chi connectivity index (χ1v) is 16.9. The van der Waals surface area contributed by atoms with E-state index >= 15 is 4.39 Å². The van der Waals surface area contributed by atoms with Crippen LogP contribution < -0.4 is 0 Å². The van der Waals surface area contributed by atoms with E-state index in [0.29, 0.717) is 62.3 Å². The van der Waals surface area contributed by atoms with Gasteiger partial charge in [-0.3, -0.25) is 14.4 Å². The number of carbonyl (C=O) groups is 3. The highest BCUT2D eigenvalue weighted by atomic mass is 35.5. The Kier molecular flexibility index (Phi) is 7.81. The van der Waals surface area contributed by atoms with Gasteiger partial charge in [0.05, 0.1) is 41.7 Å². The number of alkyl halides is 5. The number of likely N-dealkylation sites (tertiary alicyclic amines) is 1. The molecule has 2 saturated heterocycles. The molecule has 2 aliphatic heterocycles. The van der Waals surface area contributed by atoms with E-state index < -0.39 is 64.6 Å². The fourth-order valence-electron chi connectivity index (χ4n) is 9.28. The third-order valence-corrected chi connectivity index (χ3v) is 12.4. The molecule has 0 aromatic carbocycles. The number of nitrogens with zero attached hydrogens (tertiary/aromatic N) is 3. The minimum Gasteiger partial charge on any atom is -0.481 e. The summed E-state index contributed by atoms with van der Waals surface area (Å²) in [6, 6.07) is 0. The second kappa shape index (κ2) is 11.2. The molecule has 7 atom stereocenters. The monoisotopic (exact) mass is 657 g/mol. The molecule has 1 spiro atoms. The number of rotatable bonds is 5. The summed E-state index contributed by atoms with van der Waals surface area (Å²) in [5, 5.41) is 13.3. The number of carboxylic acid groups (broad SMARTS) is 1. The van der Waals surface area contributed by atoms with Crippen molar-refractivity contribution < 1.29 is 41.8 Å². The minimum atomic E-state index is -4.46. The fourth-order valence-corrected chi connectivity index (χ4v) is 9.72. The van der Waals surface area contributed by atoms with E-state index in [2.05, 4.69) is 5.10 Å². The number of aliphatic carboxylic acids is 1. The van der Waals surface area contributed by atoms with Crippen LogP contribution >= 0.6 is 11.6 Å². The van der Waals surface area contributed by atoms with Gasteiger partial charge in [-0.2, -0.15) is 18.3 Å². The van der Waals surface area contributed by atoms with Gasteiger partial charge in [-0.1, -0.05) is 6.42 Å². The Morgan fingerprint density at radius 2 is 1.73 bits per heavy atom. The number of amides is 1. The largest absolute Gasteiger partial charge is 0.481 e. The molecule has 8 nitrogen and oxygen atoms in total. The number of hydrogen-bond donors (Lipinski definition) is 1. The summed E-state index contributed by atoms with van der Waals surface area (Å²) in [6.07, 6.45) is -1.66. The van der Waals surface area contributed by atoms with Crippen LogP contribution in [0.15, 0.2) is 0 Å². The van der Waals surface area contributed by atoms with Gasteiger partial charge in [-0.25, -0.2) is 9.07 Å². The van der Waals surface area contributed by atoms with E-state index in [1.165, 1.54) is 4.68 Å². The zero-order valence-electron chi connectivity index (χ0n) is 25.2. The summed E-state index contributed by atoms with van der Waals surface area (Å²) in [5.41, 5.74) is -0.704. The predicted molar refractivity (Wildman–Crippen MR) is 154 cm³/mol. The van der Waals surface area contributed by atoms with Crippen LogP contribution in [-0.2, 0) is 27.2 Å². The first kappa shape index (κ1) is 31.4. The normalized spacial score (nSPS) is 35.5. The van der Waals surface area contributed by atoms with Crippen LogP contribution in [0.5, 0.6) is 0 Å². The first-order chi connectivity index (χ1) is 21.3. The van der Waals surface area contributed by atoms with Crippen LogP contribution in [0.2, 0.25) is 0 Å². The minimum absolute atomic E-state index is 0.0367. The summed E-state index contributed by atoms with van der Waals surface area (Å²) in [7, 11) is 0. The molecule has 5 fully saturated rings. The molecule has 1 aromatic rings. The molecule has 7 rings (SSSR count). The Morgan fingerprint density at radius 3 is 2.36 bits per heavy atom. The maximum absolute atomic E-state index is 15.6. The average Bonchev–Trinajstić information content (AvgIpc) is 3.51. The Balaban J connectivity index is 1.21. The number of aromatic nitrogens is 2. The molecule has 45 heavy (non-hydrogen) atoms. The van der Waals surface area contributed by atoms with E-state index in [1.54, 1.807) is 4.90 Å². The molecule has 0 bridgehead atoms. The van der Waals surface area contributed by atoms with Gasteiger partial charge < -0.3 is 14.7 Å². The Morgan fingerprint density at radius 1 is 0.978 bits per heavy atom. The molecule has 4 aliphatic carbocycles. The van der Waals surface area contributed by atoms with Crippen molar-refractivity contribution in [1.82, 2.24) is 14.7 Å². The lowest BCUT2D eigenvalue weighted by atomic mass is 9.69. The molecule has 3 saturated carbocycles. The van der Waals surface area contributed by atoms with Crippen LogP contribution in [0, 0.1) is 29.1 Å². The SMILES string of the molecule is O=C(O)C1CCC(c2nn(C(=O)C3C(Cl)CCCC3C3(C(F)(F)F)CC3)c3c2CCC(C(=O)N2CC4(CCCO4)C2)C3)C(F)C1. The lowest BCUT2D eigenvalue weighted by molar-refractivity contribution is -0.209. The number of halogens is 5. The Bertz CT molecular complexity index is 1360. The van der Waals surface area contributed by atoms with Crippen molar-refractivity contribution in [2.75, 3.05) is 19.7 Å². The highest BCUT2D eigenvalue weighted by Gasteiger charge is 2.69. The van der Waals surface area contributed by atoms with Gasteiger partial charge in [-0.15, -0.1) is 11.6 Å². The molecule has 7 unspecified atom stereocenters. The lowest BCUT2D eigenvalue weighted by Gasteiger charge is -2.48. The van der Waals surface area contributed by atoms with E-state index in [1.807, 2.05) is 0 Å². The van der Waals surface area contributed by atoms with Crippen LogP contribution in [-0.4, -0.2) is 80.6 Å². The summed E-state index contributed by atoms with van der Waals surface area (Å²) in [5.74, 6) is -5.79. The Labute approximate surface area is 264 Å². The van der Waals surface area contributed by atoms with Gasteiger partial charge in [-0.05, 0) is 82.1 Å². The van der Waals surface area contributed by atoms with Gasteiger partial charge >= 0.3 is 12.1 Å². The smallest absolute Gasteiger partial charge is 0.394 e. The number of hydrogen-bond acceptors (Lipinski definition) is 5. The molecule has 0 radical (unpaired) electrons. The van der Waals surface area contributed by atoms with E-state index in [4.69, 9.17) is 16.3 Å². The highest BCUT2D eigenvalue weighted by molar-refractivity contribution is 6.22. The summed E-state index contributed by atoms with van der Waals surface area (Å²) < 4.78 is 65.7. The van der Waals surface area contributed by atoms with Gasteiger partial charge in [0.1, 0.15) is 11.8 Å². The van der Waals surface area contributed by atoms with Gasteiger partial charge in [0.25, 0.3) is 5.91 Å². The zero-order chi connectivity index (χ0) is 31.9. The number of fused-ring (bicyclic) bond motifs is 1. The second-order valence-corrected chi connectivity index (χ2v) is 15.1. The quantitative estimate of drug-likeness (QED) is 0.323. The van der Waals surface area contributed by atoms with Crippen molar-refractivity contribution in [2.45, 2.75) is 113 Å². The predicted octanol–water partition coefficient (Wildman–Crippen LogP) is 5.69. The summed E-state index contributed by atoms with van der Waals surface area (Å²) in [4.78, 5) is 41.4. The van der Waals surface area contributed by atoms with Crippen LogP contribution in [0.4, 0.5) is 17.6 Å². The average molecular weight is 658 g/mol. The van der Waals surface area contributed by atoms with Crippen molar-refractivity contribution in [1.29, 1.82) is 0 Å². The number of carbonyl (C=O) groups excluding carboxylic acids is 2. The zero-order valence-corrected chi connectivity index (χ0v) is 25.9. The molecule has 1 amide bonds. The van der Waals surface area contributed by atoms with Crippen molar-refractivity contribution in [3.8, 4) is 0 Å². The number of ether oxygens (including phenoxy) is 1. The van der Waals surface area contributed by atoms with Crippen LogP contribution in [0.1, 0.15) is 98.3 Å². The van der Waals surface area contributed by atoms with E-state index in [-0.39, 0.29) is 56.5 Å². The van der Waals surface area contributed by atoms with E-state index in [9.17, 15) is 32.7 Å². The molecular formula is C32H40ClF4N3O5. The van der Waals surface area contributed by atoms with Crippen molar-refractivity contribution in [2.24, 2.45) is 29.1 Å². The molecule has 13 heteroatoms. The van der Waals surface area contributed by atoms with Crippen molar-refractivity contribution in [3.05, 3.63) is 17.0 Å². The first-order valence-electron chi connectivity index (χ1n) is 16.5. The standard InChI is InChI=1S/C32H40ClF4N3O5/c33-22-4-1-3-21(31(10-11-31)32(35,36)37)25(22)28(42)40-24-14-17(27(41)39-15-30(16-39)9-2-12-45-30)5-8-20(24)26(38-40)19-7-6-18(29(43)44)13-23(19)34/h17-19,21-23,25H,1-16H2,(H,43,44). The third kappa shape index (κ3) is 5.20. The third-order valence-electron chi connectivity index (χ3n) is 12.0. The van der Waals surface area contributed by atoms with Gasteiger partial charge in [0.2, 0.25) is 5.91 Å². The molecule has 1 N–H and O–H groups in total.